The lowest BCUT2D eigenvalue weighted by Gasteiger charge is -2.37. The minimum atomic E-state index is 0.0324. The molecule has 2 fully saturated rings. The lowest BCUT2D eigenvalue weighted by molar-refractivity contribution is -0.122. The van der Waals surface area contributed by atoms with Crippen molar-refractivity contribution in [2.75, 3.05) is 0 Å². The van der Waals surface area contributed by atoms with Crippen LogP contribution in [0.2, 0.25) is 0 Å². The van der Waals surface area contributed by atoms with Crippen LogP contribution in [0.4, 0.5) is 0 Å². The van der Waals surface area contributed by atoms with E-state index < -0.39 is 0 Å². The zero-order chi connectivity index (χ0) is 17.8. The molecule has 1 saturated carbocycles. The number of rotatable bonds is 5. The molecule has 1 aliphatic heterocycles. The molecule has 5 heteroatoms. The Morgan fingerprint density at radius 1 is 1.32 bits per heavy atom. The molecule has 5 nitrogen and oxygen atoms in total. The number of nitrogens with zero attached hydrogens (tertiary/aromatic N) is 1. The second kappa shape index (κ2) is 8.35. The van der Waals surface area contributed by atoms with E-state index in [2.05, 4.69) is 29.4 Å². The third kappa shape index (κ3) is 4.84. The van der Waals surface area contributed by atoms with E-state index >= 15 is 0 Å². The molecule has 0 radical (unpaired) electrons. The minimum Gasteiger partial charge on any atom is -0.370 e. The van der Waals surface area contributed by atoms with E-state index in [0.29, 0.717) is 11.8 Å². The number of carbonyl (C=O) groups excluding carboxylic acids is 1. The fourth-order valence-electron chi connectivity index (χ4n) is 4.58. The highest BCUT2D eigenvalue weighted by Crippen LogP contribution is 2.40. The van der Waals surface area contributed by atoms with E-state index in [1.807, 2.05) is 6.20 Å². The van der Waals surface area contributed by atoms with Gasteiger partial charge in [-0.2, -0.15) is 5.10 Å². The van der Waals surface area contributed by atoms with Crippen molar-refractivity contribution < 1.29 is 9.53 Å². The van der Waals surface area contributed by atoms with Crippen LogP contribution in [0.25, 0.3) is 0 Å². The zero-order valence-electron chi connectivity index (χ0n) is 15.9. The predicted octanol–water partition coefficient (Wildman–Crippen LogP) is 4.23. The summed E-state index contributed by atoms with van der Waals surface area (Å²) in [6.07, 6.45) is 11.4. The number of ether oxygens (including phenoxy) is 1. The molecular formula is C20H33N3O2. The molecule has 3 rings (SSSR count). The number of aromatic nitrogens is 2. The topological polar surface area (TPSA) is 67.0 Å². The van der Waals surface area contributed by atoms with Gasteiger partial charge in [-0.25, -0.2) is 0 Å². The van der Waals surface area contributed by atoms with Crippen molar-refractivity contribution in [3.05, 3.63) is 17.5 Å². The summed E-state index contributed by atoms with van der Waals surface area (Å²) < 4.78 is 6.47. The van der Waals surface area contributed by atoms with Crippen molar-refractivity contribution >= 4 is 5.91 Å². The maximum atomic E-state index is 11.6. The lowest BCUT2D eigenvalue weighted by atomic mass is 9.83. The van der Waals surface area contributed by atoms with Crippen LogP contribution >= 0.6 is 0 Å². The van der Waals surface area contributed by atoms with Crippen LogP contribution in [0.5, 0.6) is 0 Å². The molecule has 2 heterocycles. The SMILES string of the molecule is CC(=O)N[C@H]1C[C@@H](CC(C)C)O[C@@H](c2cn[nH]c2C2CCCCC2)C1. The Hall–Kier alpha value is -1.36. The molecule has 2 N–H and O–H groups in total. The van der Waals surface area contributed by atoms with Crippen molar-refractivity contribution in [1.29, 1.82) is 0 Å². The number of hydrogen-bond acceptors (Lipinski definition) is 3. The Balaban J connectivity index is 1.77. The standard InChI is InChI=1S/C20H33N3O2/c1-13(2)9-17-10-16(22-14(3)24)11-19(25-17)18-12-21-23-20(18)15-7-5-4-6-8-15/h12-13,15-17,19H,4-11H2,1-3H3,(H,21,23)(H,22,24)/t16-,17+,19+/m0/s1. The molecule has 2 aliphatic rings. The van der Waals surface area contributed by atoms with Crippen molar-refractivity contribution in [3.63, 3.8) is 0 Å². The van der Waals surface area contributed by atoms with E-state index in [0.717, 1.165) is 19.3 Å². The molecule has 1 saturated heterocycles. The van der Waals surface area contributed by atoms with Crippen molar-refractivity contribution in [2.45, 2.75) is 96.3 Å². The summed E-state index contributed by atoms with van der Waals surface area (Å²) in [7, 11) is 0. The van der Waals surface area contributed by atoms with Crippen molar-refractivity contribution in [2.24, 2.45) is 5.92 Å². The summed E-state index contributed by atoms with van der Waals surface area (Å²) in [5.74, 6) is 1.22. The number of aromatic amines is 1. The number of hydrogen-bond donors (Lipinski definition) is 2. The van der Waals surface area contributed by atoms with Crippen LogP contribution < -0.4 is 5.32 Å². The molecular weight excluding hydrogens is 314 g/mol. The molecule has 1 aromatic rings. The van der Waals surface area contributed by atoms with Crippen molar-refractivity contribution in [1.82, 2.24) is 15.5 Å². The van der Waals surface area contributed by atoms with Gasteiger partial charge in [-0.3, -0.25) is 9.89 Å². The second-order valence-electron chi connectivity index (χ2n) is 8.32. The molecule has 1 aliphatic carbocycles. The normalized spacial score (nSPS) is 28.2. The summed E-state index contributed by atoms with van der Waals surface area (Å²) in [5, 5.41) is 10.7. The first-order valence-corrected chi connectivity index (χ1v) is 9.98. The summed E-state index contributed by atoms with van der Waals surface area (Å²) in [6, 6.07) is 0.189. The van der Waals surface area contributed by atoms with Gasteiger partial charge in [-0.1, -0.05) is 33.1 Å². The summed E-state index contributed by atoms with van der Waals surface area (Å²) in [5.41, 5.74) is 2.49. The van der Waals surface area contributed by atoms with Gasteiger partial charge in [0.05, 0.1) is 18.4 Å². The van der Waals surface area contributed by atoms with E-state index in [1.165, 1.54) is 43.4 Å². The highest BCUT2D eigenvalue weighted by atomic mass is 16.5. The van der Waals surface area contributed by atoms with Gasteiger partial charge in [0.25, 0.3) is 0 Å². The van der Waals surface area contributed by atoms with E-state index in [4.69, 9.17) is 4.74 Å². The first kappa shape index (κ1) is 18.4. The molecule has 0 unspecified atom stereocenters. The van der Waals surface area contributed by atoms with Gasteiger partial charge >= 0.3 is 0 Å². The van der Waals surface area contributed by atoms with Crippen LogP contribution in [-0.2, 0) is 9.53 Å². The Morgan fingerprint density at radius 3 is 2.76 bits per heavy atom. The minimum absolute atomic E-state index is 0.0324. The third-order valence-corrected chi connectivity index (χ3v) is 5.60. The molecule has 0 bridgehead atoms. The van der Waals surface area contributed by atoms with Crippen LogP contribution in [0.15, 0.2) is 6.20 Å². The van der Waals surface area contributed by atoms with Crippen LogP contribution in [0.1, 0.15) is 95.4 Å². The number of amides is 1. The van der Waals surface area contributed by atoms with E-state index in [9.17, 15) is 4.79 Å². The lowest BCUT2D eigenvalue weighted by Crippen LogP contribution is -2.42. The smallest absolute Gasteiger partial charge is 0.217 e. The molecule has 3 atom stereocenters. The van der Waals surface area contributed by atoms with Gasteiger partial charge < -0.3 is 10.1 Å². The fourth-order valence-corrected chi connectivity index (χ4v) is 4.58. The van der Waals surface area contributed by atoms with Gasteiger partial charge in [0.2, 0.25) is 5.91 Å². The highest BCUT2D eigenvalue weighted by Gasteiger charge is 2.34. The average molecular weight is 348 g/mol. The Kier molecular flexibility index (Phi) is 6.15. The second-order valence-corrected chi connectivity index (χ2v) is 8.32. The monoisotopic (exact) mass is 347 g/mol. The Morgan fingerprint density at radius 2 is 2.08 bits per heavy atom. The first-order chi connectivity index (χ1) is 12.0. The maximum absolute atomic E-state index is 11.6. The first-order valence-electron chi connectivity index (χ1n) is 9.98. The Bertz CT molecular complexity index is 563. The van der Waals surface area contributed by atoms with Gasteiger partial charge in [-0.05, 0) is 38.0 Å². The Labute approximate surface area is 151 Å². The van der Waals surface area contributed by atoms with Gasteiger partial charge in [-0.15, -0.1) is 0 Å². The van der Waals surface area contributed by atoms with Gasteiger partial charge in [0.15, 0.2) is 0 Å². The largest absolute Gasteiger partial charge is 0.370 e. The molecule has 140 valence electrons. The molecule has 1 aromatic heterocycles. The van der Waals surface area contributed by atoms with Crippen LogP contribution in [0, 0.1) is 5.92 Å². The average Bonchev–Trinajstić information content (AvgIpc) is 3.03. The number of carbonyl (C=O) groups is 1. The van der Waals surface area contributed by atoms with Crippen LogP contribution in [0.3, 0.4) is 0 Å². The summed E-state index contributed by atoms with van der Waals surface area (Å²) >= 11 is 0. The number of H-pyrrole nitrogens is 1. The molecule has 0 spiro atoms. The maximum Gasteiger partial charge on any atom is 0.217 e. The summed E-state index contributed by atoms with van der Waals surface area (Å²) in [6.45, 7) is 6.06. The van der Waals surface area contributed by atoms with Crippen LogP contribution in [-0.4, -0.2) is 28.3 Å². The predicted molar refractivity (Wildman–Crippen MR) is 98.3 cm³/mol. The quantitative estimate of drug-likeness (QED) is 0.837. The zero-order valence-corrected chi connectivity index (χ0v) is 15.9. The fraction of sp³-hybridized carbons (Fsp3) is 0.800. The number of nitrogens with one attached hydrogen (secondary N) is 2. The molecule has 0 aromatic carbocycles. The molecule has 25 heavy (non-hydrogen) atoms. The van der Waals surface area contributed by atoms with Crippen molar-refractivity contribution in [3.8, 4) is 0 Å². The summed E-state index contributed by atoms with van der Waals surface area (Å²) in [4.78, 5) is 11.6. The molecule has 1 amide bonds. The van der Waals surface area contributed by atoms with E-state index in [-0.39, 0.29) is 24.2 Å². The van der Waals surface area contributed by atoms with Gasteiger partial charge in [0.1, 0.15) is 0 Å². The van der Waals surface area contributed by atoms with E-state index in [1.54, 1.807) is 6.92 Å². The highest BCUT2D eigenvalue weighted by molar-refractivity contribution is 5.73. The van der Waals surface area contributed by atoms with Gasteiger partial charge in [0, 0.05) is 30.1 Å². The third-order valence-electron chi connectivity index (χ3n) is 5.60.